The highest BCUT2D eigenvalue weighted by Gasteiger charge is 2.22. The summed E-state index contributed by atoms with van der Waals surface area (Å²) < 4.78 is 33.5. The monoisotopic (exact) mass is 458 g/mol. The van der Waals surface area contributed by atoms with Gasteiger partial charge in [0.1, 0.15) is 0 Å². The summed E-state index contributed by atoms with van der Waals surface area (Å²) in [7, 11) is -2.48. The summed E-state index contributed by atoms with van der Waals surface area (Å²) in [5.41, 5.74) is 1.46. The lowest BCUT2D eigenvalue weighted by atomic mass is 9.87. The molecule has 0 radical (unpaired) electrons. The van der Waals surface area contributed by atoms with Crippen LogP contribution in [-0.2, 0) is 15.4 Å². The minimum Gasteiger partial charge on any atom is -0.481 e. The summed E-state index contributed by atoms with van der Waals surface area (Å²) >= 11 is 6.09. The largest absolute Gasteiger partial charge is 0.481 e. The number of ether oxygens (including phenoxy) is 1. The molecule has 0 saturated carbocycles. The van der Waals surface area contributed by atoms with E-state index in [1.54, 1.807) is 24.3 Å². The number of hydrogen-bond donors (Lipinski definition) is 1. The van der Waals surface area contributed by atoms with E-state index in [1.165, 1.54) is 43.6 Å². The summed E-state index contributed by atoms with van der Waals surface area (Å²) in [6.07, 6.45) is 1.44. The Kier molecular flexibility index (Phi) is 6.38. The van der Waals surface area contributed by atoms with Gasteiger partial charge in [-0.1, -0.05) is 44.5 Å². The number of anilines is 1. The smallest absolute Gasteiger partial charge is 0.261 e. The van der Waals surface area contributed by atoms with Crippen LogP contribution in [-0.4, -0.2) is 26.3 Å². The van der Waals surface area contributed by atoms with E-state index in [0.29, 0.717) is 10.6 Å². The van der Waals surface area contributed by atoms with E-state index in [-0.39, 0.29) is 27.4 Å². The van der Waals surface area contributed by atoms with Crippen molar-refractivity contribution >= 4 is 33.1 Å². The maximum atomic E-state index is 13.1. The molecule has 1 aromatic heterocycles. The number of sulfonamides is 1. The Morgan fingerprint density at radius 3 is 2.32 bits per heavy atom. The van der Waals surface area contributed by atoms with Crippen molar-refractivity contribution in [2.45, 2.75) is 31.1 Å². The number of rotatable bonds is 6. The Balaban J connectivity index is 1.97. The molecule has 0 bridgehead atoms. The van der Waals surface area contributed by atoms with Crippen LogP contribution in [0.3, 0.4) is 0 Å². The minimum absolute atomic E-state index is 0.0967. The van der Waals surface area contributed by atoms with E-state index in [2.05, 4.69) is 30.5 Å². The Bertz CT molecular complexity index is 1220. The van der Waals surface area contributed by atoms with E-state index in [4.69, 9.17) is 16.3 Å². The molecule has 0 spiro atoms. The maximum Gasteiger partial charge on any atom is 0.261 e. The molecular formula is C23H23ClN2O4S. The molecule has 0 atom stereocenters. The van der Waals surface area contributed by atoms with Crippen LogP contribution in [0.25, 0.3) is 0 Å². The van der Waals surface area contributed by atoms with Crippen molar-refractivity contribution in [3.8, 4) is 5.88 Å². The zero-order chi connectivity index (χ0) is 22.8. The molecular weight excluding hydrogens is 436 g/mol. The van der Waals surface area contributed by atoms with Gasteiger partial charge in [0.2, 0.25) is 5.88 Å². The summed E-state index contributed by atoms with van der Waals surface area (Å²) in [4.78, 5) is 17.2. The Hall–Kier alpha value is -2.90. The zero-order valence-corrected chi connectivity index (χ0v) is 19.2. The molecule has 3 rings (SSSR count). The van der Waals surface area contributed by atoms with Gasteiger partial charge in [0.15, 0.2) is 5.78 Å². The normalized spacial score (nSPS) is 11.8. The highest BCUT2D eigenvalue weighted by Crippen LogP contribution is 2.28. The van der Waals surface area contributed by atoms with Gasteiger partial charge < -0.3 is 4.74 Å². The number of ketones is 1. The highest BCUT2D eigenvalue weighted by atomic mass is 35.5. The second kappa shape index (κ2) is 8.69. The van der Waals surface area contributed by atoms with Crippen molar-refractivity contribution in [3.63, 3.8) is 0 Å². The van der Waals surface area contributed by atoms with Gasteiger partial charge in [-0.3, -0.25) is 9.52 Å². The molecule has 2 aromatic carbocycles. The van der Waals surface area contributed by atoms with Gasteiger partial charge in [-0.2, -0.15) is 0 Å². The van der Waals surface area contributed by atoms with E-state index in [9.17, 15) is 13.2 Å². The molecule has 0 amide bonds. The summed E-state index contributed by atoms with van der Waals surface area (Å²) in [6.45, 7) is 6.15. The number of nitrogens with zero attached hydrogens (tertiary/aromatic N) is 1. The van der Waals surface area contributed by atoms with Crippen LogP contribution in [0, 0.1) is 0 Å². The molecule has 0 fully saturated rings. The number of carbonyl (C=O) groups excluding carboxylic acids is 1. The molecule has 0 saturated heterocycles. The first kappa shape index (κ1) is 22.8. The predicted molar refractivity (Wildman–Crippen MR) is 122 cm³/mol. The van der Waals surface area contributed by atoms with Crippen LogP contribution in [0.1, 0.15) is 42.3 Å². The van der Waals surface area contributed by atoms with Crippen molar-refractivity contribution in [1.82, 2.24) is 4.98 Å². The van der Waals surface area contributed by atoms with Gasteiger partial charge in [0, 0.05) is 28.4 Å². The van der Waals surface area contributed by atoms with Crippen molar-refractivity contribution in [3.05, 3.63) is 82.5 Å². The molecule has 1 N–H and O–H groups in total. The maximum absolute atomic E-state index is 13.1. The molecule has 31 heavy (non-hydrogen) atoms. The molecule has 8 heteroatoms. The Labute approximate surface area is 187 Å². The Morgan fingerprint density at radius 2 is 1.71 bits per heavy atom. The van der Waals surface area contributed by atoms with Gasteiger partial charge in [0.05, 0.1) is 17.7 Å². The second-order valence-corrected chi connectivity index (χ2v) is 10.1. The third-order valence-corrected chi connectivity index (χ3v) is 6.32. The van der Waals surface area contributed by atoms with Gasteiger partial charge in [-0.25, -0.2) is 13.4 Å². The summed E-state index contributed by atoms with van der Waals surface area (Å²) in [6, 6.07) is 14.1. The number of halogens is 1. The number of pyridine rings is 1. The van der Waals surface area contributed by atoms with Gasteiger partial charge in [-0.05, 0) is 47.4 Å². The average Bonchev–Trinajstić information content (AvgIpc) is 2.74. The first-order chi connectivity index (χ1) is 14.5. The minimum atomic E-state index is -3.92. The van der Waals surface area contributed by atoms with Crippen LogP contribution in [0.4, 0.5) is 5.69 Å². The molecule has 3 aromatic rings. The first-order valence-corrected chi connectivity index (χ1v) is 11.3. The standard InChI is InChI=1S/C23H23ClN2O4S/c1-23(2,3)16-5-8-18(9-6-16)31(28,29)26-20-10-7-17(24)14-19(20)22(27)15-11-12-25-21(13-15)30-4/h5-14,26H,1-4H3. The van der Waals surface area contributed by atoms with Crippen LogP contribution in [0.2, 0.25) is 5.02 Å². The number of hydrogen-bond acceptors (Lipinski definition) is 5. The number of nitrogens with one attached hydrogen (secondary N) is 1. The van der Waals surface area contributed by atoms with E-state index in [1.807, 2.05) is 0 Å². The Morgan fingerprint density at radius 1 is 1.03 bits per heavy atom. The summed E-state index contributed by atoms with van der Waals surface area (Å²) in [5.74, 6) is -0.141. The molecule has 0 aliphatic heterocycles. The van der Waals surface area contributed by atoms with Gasteiger partial charge in [0.25, 0.3) is 10.0 Å². The van der Waals surface area contributed by atoms with Crippen molar-refractivity contribution < 1.29 is 17.9 Å². The van der Waals surface area contributed by atoms with Gasteiger partial charge in [-0.15, -0.1) is 0 Å². The van der Waals surface area contributed by atoms with Crippen LogP contribution >= 0.6 is 11.6 Å². The lowest BCUT2D eigenvalue weighted by molar-refractivity contribution is 0.103. The lowest BCUT2D eigenvalue weighted by Crippen LogP contribution is -2.17. The molecule has 1 heterocycles. The fraction of sp³-hybridized carbons (Fsp3) is 0.217. The number of carbonyl (C=O) groups is 1. The molecule has 0 aliphatic rings. The number of methoxy groups -OCH3 is 1. The van der Waals surface area contributed by atoms with Gasteiger partial charge >= 0.3 is 0 Å². The van der Waals surface area contributed by atoms with Crippen LogP contribution < -0.4 is 9.46 Å². The van der Waals surface area contributed by atoms with E-state index < -0.39 is 15.8 Å². The molecule has 0 aliphatic carbocycles. The average molecular weight is 459 g/mol. The van der Waals surface area contributed by atoms with Crippen molar-refractivity contribution in [2.75, 3.05) is 11.8 Å². The predicted octanol–water partition coefficient (Wildman–Crippen LogP) is 5.07. The van der Waals surface area contributed by atoms with Crippen LogP contribution in [0.15, 0.2) is 65.7 Å². The first-order valence-electron chi connectivity index (χ1n) is 9.49. The molecule has 6 nitrogen and oxygen atoms in total. The van der Waals surface area contributed by atoms with Crippen molar-refractivity contribution in [1.29, 1.82) is 0 Å². The zero-order valence-electron chi connectivity index (χ0n) is 17.6. The molecule has 162 valence electrons. The van der Waals surface area contributed by atoms with Crippen molar-refractivity contribution in [2.24, 2.45) is 0 Å². The lowest BCUT2D eigenvalue weighted by Gasteiger charge is -2.19. The fourth-order valence-electron chi connectivity index (χ4n) is 2.95. The third kappa shape index (κ3) is 5.24. The van der Waals surface area contributed by atoms with E-state index >= 15 is 0 Å². The quantitative estimate of drug-likeness (QED) is 0.521. The SMILES string of the molecule is COc1cc(C(=O)c2cc(Cl)ccc2NS(=O)(=O)c2ccc(C(C)(C)C)cc2)ccn1. The highest BCUT2D eigenvalue weighted by molar-refractivity contribution is 7.92. The summed E-state index contributed by atoms with van der Waals surface area (Å²) in [5, 5.41) is 0.307. The number of benzene rings is 2. The second-order valence-electron chi connectivity index (χ2n) is 7.99. The third-order valence-electron chi connectivity index (χ3n) is 4.71. The molecule has 0 unspecified atom stereocenters. The fourth-order valence-corrected chi connectivity index (χ4v) is 4.20. The number of aromatic nitrogens is 1. The van der Waals surface area contributed by atoms with Crippen LogP contribution in [0.5, 0.6) is 5.88 Å². The topological polar surface area (TPSA) is 85.4 Å². The van der Waals surface area contributed by atoms with E-state index in [0.717, 1.165) is 5.56 Å².